The van der Waals surface area contributed by atoms with E-state index in [-0.39, 0.29) is 18.3 Å². The molecule has 0 amide bonds. The highest BCUT2D eigenvalue weighted by atomic mass is 32.2. The van der Waals surface area contributed by atoms with E-state index in [1.54, 1.807) is 13.8 Å². The average molecular weight is 334 g/mol. The van der Waals surface area contributed by atoms with Gasteiger partial charge in [0.05, 0.1) is 12.4 Å². The molecule has 1 aliphatic rings. The van der Waals surface area contributed by atoms with Crippen molar-refractivity contribution >= 4 is 21.8 Å². The highest BCUT2D eigenvalue weighted by Crippen LogP contribution is 2.29. The molecule has 22 heavy (non-hydrogen) atoms. The molecule has 0 aliphatic carbocycles. The van der Waals surface area contributed by atoms with Crippen molar-refractivity contribution in [3.05, 3.63) is 12.2 Å². The van der Waals surface area contributed by atoms with Gasteiger partial charge in [-0.2, -0.15) is 0 Å². The van der Waals surface area contributed by atoms with Crippen LogP contribution in [-0.2, 0) is 33.6 Å². The third-order valence-corrected chi connectivity index (χ3v) is 5.09. The SMILES string of the molecule is C=C(C)CS(=O)(=O)C1OC[C@@H](C)[C@@H](OC(C)=O)[C@@H]1OC(C)=O. The Labute approximate surface area is 130 Å². The summed E-state index contributed by atoms with van der Waals surface area (Å²) in [6.45, 7) is 9.33. The molecule has 0 aromatic rings. The Morgan fingerprint density at radius 3 is 2.09 bits per heavy atom. The van der Waals surface area contributed by atoms with Crippen LogP contribution in [0.2, 0.25) is 0 Å². The molecule has 0 spiro atoms. The number of carbonyl (C=O) groups excluding carboxylic acids is 2. The van der Waals surface area contributed by atoms with E-state index in [1.807, 2.05) is 0 Å². The van der Waals surface area contributed by atoms with Gasteiger partial charge in [-0.05, 0) is 6.92 Å². The normalized spacial score (nSPS) is 28.7. The molecule has 0 saturated carbocycles. The van der Waals surface area contributed by atoms with Gasteiger partial charge >= 0.3 is 11.9 Å². The summed E-state index contributed by atoms with van der Waals surface area (Å²) >= 11 is 0. The van der Waals surface area contributed by atoms with Crippen molar-refractivity contribution < 1.29 is 32.2 Å². The van der Waals surface area contributed by atoms with Crippen molar-refractivity contribution in [3.8, 4) is 0 Å². The summed E-state index contributed by atoms with van der Waals surface area (Å²) < 4.78 is 40.5. The maximum Gasteiger partial charge on any atom is 0.303 e. The monoisotopic (exact) mass is 334 g/mol. The van der Waals surface area contributed by atoms with Crippen LogP contribution >= 0.6 is 0 Å². The van der Waals surface area contributed by atoms with E-state index >= 15 is 0 Å². The molecule has 0 aromatic heterocycles. The van der Waals surface area contributed by atoms with Crippen molar-refractivity contribution in [1.82, 2.24) is 0 Å². The lowest BCUT2D eigenvalue weighted by Crippen LogP contribution is -2.56. The number of hydrogen-bond acceptors (Lipinski definition) is 7. The predicted molar refractivity (Wildman–Crippen MR) is 78.6 cm³/mol. The summed E-state index contributed by atoms with van der Waals surface area (Å²) in [6, 6.07) is 0. The van der Waals surface area contributed by atoms with Gasteiger partial charge in [-0.25, -0.2) is 8.42 Å². The van der Waals surface area contributed by atoms with Gasteiger partial charge < -0.3 is 14.2 Å². The van der Waals surface area contributed by atoms with Crippen LogP contribution in [0.1, 0.15) is 27.7 Å². The number of hydrogen-bond donors (Lipinski definition) is 0. The van der Waals surface area contributed by atoms with Gasteiger partial charge in [-0.3, -0.25) is 9.59 Å². The Hall–Kier alpha value is -1.41. The van der Waals surface area contributed by atoms with Gasteiger partial charge in [0.1, 0.15) is 6.10 Å². The third kappa shape index (κ3) is 4.81. The minimum atomic E-state index is -3.76. The summed E-state index contributed by atoms with van der Waals surface area (Å²) in [5, 5.41) is 0. The molecule has 1 aliphatic heterocycles. The second-order valence-corrected chi connectivity index (χ2v) is 7.67. The van der Waals surface area contributed by atoms with Crippen LogP contribution in [0.15, 0.2) is 12.2 Å². The summed E-state index contributed by atoms with van der Waals surface area (Å²) in [6.07, 6.45) is -2.07. The Balaban J connectivity index is 3.15. The zero-order valence-electron chi connectivity index (χ0n) is 13.2. The second kappa shape index (κ2) is 7.23. The van der Waals surface area contributed by atoms with Crippen molar-refractivity contribution in [2.24, 2.45) is 5.92 Å². The summed E-state index contributed by atoms with van der Waals surface area (Å²) in [5.41, 5.74) is -0.943. The number of esters is 2. The molecule has 0 aromatic carbocycles. The maximum atomic E-state index is 12.4. The molecule has 4 atom stereocenters. The molecule has 8 heteroatoms. The van der Waals surface area contributed by atoms with Crippen molar-refractivity contribution in [2.45, 2.75) is 45.3 Å². The molecule has 7 nitrogen and oxygen atoms in total. The van der Waals surface area contributed by atoms with E-state index in [4.69, 9.17) is 14.2 Å². The Kier molecular flexibility index (Phi) is 6.13. The van der Waals surface area contributed by atoms with Crippen LogP contribution in [-0.4, -0.2) is 50.4 Å². The molecule has 1 fully saturated rings. The van der Waals surface area contributed by atoms with Gasteiger partial charge in [-0.1, -0.05) is 19.1 Å². The average Bonchev–Trinajstić information content (AvgIpc) is 2.30. The first-order valence-electron chi connectivity index (χ1n) is 6.86. The molecule has 1 heterocycles. The number of sulfone groups is 1. The summed E-state index contributed by atoms with van der Waals surface area (Å²) in [4.78, 5) is 22.6. The fraction of sp³-hybridized carbons (Fsp3) is 0.714. The van der Waals surface area contributed by atoms with E-state index in [1.165, 1.54) is 6.92 Å². The van der Waals surface area contributed by atoms with Gasteiger partial charge in [0.2, 0.25) is 0 Å². The molecule has 1 unspecified atom stereocenters. The van der Waals surface area contributed by atoms with E-state index in [0.717, 1.165) is 6.92 Å². The fourth-order valence-corrected chi connectivity index (χ4v) is 4.09. The molecule has 0 radical (unpaired) electrons. The Morgan fingerprint density at radius 1 is 1.14 bits per heavy atom. The van der Waals surface area contributed by atoms with E-state index < -0.39 is 39.4 Å². The highest BCUT2D eigenvalue weighted by molar-refractivity contribution is 7.92. The molecule has 1 rings (SSSR count). The first-order valence-corrected chi connectivity index (χ1v) is 8.58. The lowest BCUT2D eigenvalue weighted by atomic mass is 9.98. The van der Waals surface area contributed by atoms with Gasteiger partial charge in [-0.15, -0.1) is 0 Å². The first-order chi connectivity index (χ1) is 10.0. The number of ether oxygens (including phenoxy) is 3. The summed E-state index contributed by atoms with van der Waals surface area (Å²) in [7, 11) is -3.76. The molecule has 126 valence electrons. The predicted octanol–water partition coefficient (Wildman–Crippen LogP) is 0.833. The van der Waals surface area contributed by atoms with Crippen molar-refractivity contribution in [1.29, 1.82) is 0 Å². The second-order valence-electron chi connectivity index (χ2n) is 5.59. The van der Waals surface area contributed by atoms with Gasteiger partial charge in [0.25, 0.3) is 0 Å². The van der Waals surface area contributed by atoms with E-state index in [0.29, 0.717) is 5.57 Å². The largest absolute Gasteiger partial charge is 0.458 e. The number of carbonyl (C=O) groups is 2. The zero-order valence-corrected chi connectivity index (χ0v) is 14.0. The highest BCUT2D eigenvalue weighted by Gasteiger charge is 2.48. The molecular formula is C14H22O7S. The molecular weight excluding hydrogens is 312 g/mol. The third-order valence-electron chi connectivity index (χ3n) is 3.08. The van der Waals surface area contributed by atoms with Crippen LogP contribution in [0.4, 0.5) is 0 Å². The van der Waals surface area contributed by atoms with Crippen molar-refractivity contribution in [3.63, 3.8) is 0 Å². The van der Waals surface area contributed by atoms with E-state index in [9.17, 15) is 18.0 Å². The van der Waals surface area contributed by atoms with Crippen LogP contribution in [0, 0.1) is 5.92 Å². The van der Waals surface area contributed by atoms with E-state index in [2.05, 4.69) is 6.58 Å². The minimum absolute atomic E-state index is 0.0792. The van der Waals surface area contributed by atoms with Gasteiger partial charge in [0.15, 0.2) is 21.4 Å². The minimum Gasteiger partial charge on any atom is -0.458 e. The zero-order chi connectivity index (χ0) is 17.1. The topological polar surface area (TPSA) is 96.0 Å². The Bertz CT molecular complexity index is 552. The standard InChI is InChI=1S/C14H22O7S/c1-8(2)7-22(17,18)14-13(21-11(5)16)12(20-10(4)15)9(3)6-19-14/h9,12-14H,1,6-7H2,2-5H3/t9-,12-,13+,14?/m1/s1. The Morgan fingerprint density at radius 2 is 1.64 bits per heavy atom. The quantitative estimate of drug-likeness (QED) is 0.543. The van der Waals surface area contributed by atoms with Crippen molar-refractivity contribution in [2.75, 3.05) is 12.4 Å². The van der Waals surface area contributed by atoms with Gasteiger partial charge in [0, 0.05) is 19.8 Å². The fourth-order valence-electron chi connectivity index (χ4n) is 2.34. The van der Waals surface area contributed by atoms with Crippen LogP contribution < -0.4 is 0 Å². The summed E-state index contributed by atoms with van der Waals surface area (Å²) in [5.74, 6) is -1.84. The smallest absolute Gasteiger partial charge is 0.303 e. The van der Waals surface area contributed by atoms with Crippen LogP contribution in [0.5, 0.6) is 0 Å². The molecule has 0 N–H and O–H groups in total. The lowest BCUT2D eigenvalue weighted by molar-refractivity contribution is -0.193. The number of rotatable bonds is 5. The lowest BCUT2D eigenvalue weighted by Gasteiger charge is -2.39. The first kappa shape index (κ1) is 18.6. The maximum absolute atomic E-state index is 12.4. The van der Waals surface area contributed by atoms with Crippen LogP contribution in [0.3, 0.4) is 0 Å². The van der Waals surface area contributed by atoms with Crippen LogP contribution in [0.25, 0.3) is 0 Å². The molecule has 0 bridgehead atoms. The molecule has 1 saturated heterocycles.